The Balaban J connectivity index is 2.40. The van der Waals surface area contributed by atoms with Gasteiger partial charge in [0.2, 0.25) is 0 Å². The highest BCUT2D eigenvalue weighted by Gasteiger charge is 2.17. The molecule has 106 valence electrons. The summed E-state index contributed by atoms with van der Waals surface area (Å²) in [5.41, 5.74) is 3.03. The van der Waals surface area contributed by atoms with E-state index >= 15 is 0 Å². The van der Waals surface area contributed by atoms with E-state index in [2.05, 4.69) is 21.0 Å². The zero-order valence-electron chi connectivity index (χ0n) is 11.7. The first-order chi connectivity index (χ1) is 9.43. The molecule has 0 unspecified atom stereocenters. The predicted octanol–water partition coefficient (Wildman–Crippen LogP) is 4.04. The molecule has 0 fully saturated rings. The fourth-order valence-corrected chi connectivity index (χ4v) is 2.63. The monoisotopic (exact) mass is 338 g/mol. The molecule has 5 heteroatoms. The second-order valence-corrected chi connectivity index (χ2v) is 5.57. The van der Waals surface area contributed by atoms with E-state index in [-0.39, 0.29) is 11.6 Å². The number of hydrogen-bond donors (Lipinski definition) is 0. The van der Waals surface area contributed by atoms with Gasteiger partial charge >= 0.3 is 0 Å². The van der Waals surface area contributed by atoms with Gasteiger partial charge in [0.05, 0.1) is 17.8 Å². The number of aromatic nitrogens is 2. The number of aryl methyl sites for hydroxylation is 1. The SMILES string of the molecule is CCC(=O)c1c(C)nn(Cc2cc(F)ccc2Br)c1C. The summed E-state index contributed by atoms with van der Waals surface area (Å²) in [6.07, 6.45) is 0.455. The molecule has 0 N–H and O–H groups in total. The highest BCUT2D eigenvalue weighted by Crippen LogP contribution is 2.21. The summed E-state index contributed by atoms with van der Waals surface area (Å²) in [5, 5.41) is 4.40. The van der Waals surface area contributed by atoms with Gasteiger partial charge in [-0.05, 0) is 37.6 Å². The van der Waals surface area contributed by atoms with E-state index in [1.165, 1.54) is 12.1 Å². The highest BCUT2D eigenvalue weighted by atomic mass is 79.9. The van der Waals surface area contributed by atoms with E-state index in [1.807, 2.05) is 20.8 Å². The van der Waals surface area contributed by atoms with Crippen LogP contribution in [0.4, 0.5) is 4.39 Å². The standard InChI is InChI=1S/C15H16BrFN2O/c1-4-14(20)15-9(2)18-19(10(15)3)8-11-7-12(17)5-6-13(11)16/h5-7H,4,8H2,1-3H3. The lowest BCUT2D eigenvalue weighted by atomic mass is 10.1. The molecule has 0 atom stereocenters. The largest absolute Gasteiger partial charge is 0.294 e. The molecule has 0 aliphatic carbocycles. The first-order valence-corrected chi connectivity index (χ1v) is 7.24. The van der Waals surface area contributed by atoms with Crippen molar-refractivity contribution in [3.63, 3.8) is 0 Å². The Morgan fingerprint density at radius 2 is 2.10 bits per heavy atom. The van der Waals surface area contributed by atoms with Gasteiger partial charge in [0.1, 0.15) is 5.82 Å². The van der Waals surface area contributed by atoms with Crippen LogP contribution in [0.5, 0.6) is 0 Å². The van der Waals surface area contributed by atoms with Crippen molar-refractivity contribution in [1.82, 2.24) is 9.78 Å². The summed E-state index contributed by atoms with van der Waals surface area (Å²) in [7, 11) is 0. The van der Waals surface area contributed by atoms with Crippen LogP contribution >= 0.6 is 15.9 Å². The van der Waals surface area contributed by atoms with E-state index in [1.54, 1.807) is 10.7 Å². The second-order valence-electron chi connectivity index (χ2n) is 4.72. The van der Waals surface area contributed by atoms with E-state index in [4.69, 9.17) is 0 Å². The van der Waals surface area contributed by atoms with Gasteiger partial charge in [0.25, 0.3) is 0 Å². The third-order valence-corrected chi connectivity index (χ3v) is 4.08. The molecule has 2 aromatic rings. The number of nitrogens with zero attached hydrogens (tertiary/aromatic N) is 2. The highest BCUT2D eigenvalue weighted by molar-refractivity contribution is 9.10. The number of hydrogen-bond acceptors (Lipinski definition) is 2. The van der Waals surface area contributed by atoms with Crippen molar-refractivity contribution in [3.8, 4) is 0 Å². The number of benzene rings is 1. The molecular formula is C15H16BrFN2O. The molecule has 1 heterocycles. The van der Waals surface area contributed by atoms with Crippen LogP contribution in [0, 0.1) is 19.7 Å². The average molecular weight is 339 g/mol. The zero-order chi connectivity index (χ0) is 14.9. The number of halogens is 2. The Labute approximate surface area is 125 Å². The molecule has 0 bridgehead atoms. The minimum absolute atomic E-state index is 0.0876. The number of carbonyl (C=O) groups is 1. The van der Waals surface area contributed by atoms with Gasteiger partial charge in [-0.1, -0.05) is 22.9 Å². The topological polar surface area (TPSA) is 34.9 Å². The first-order valence-electron chi connectivity index (χ1n) is 6.45. The summed E-state index contributed by atoms with van der Waals surface area (Å²) < 4.78 is 15.9. The van der Waals surface area contributed by atoms with Gasteiger partial charge in [0.15, 0.2) is 5.78 Å². The van der Waals surface area contributed by atoms with Crippen LogP contribution in [-0.4, -0.2) is 15.6 Å². The molecule has 3 nitrogen and oxygen atoms in total. The van der Waals surface area contributed by atoms with Crippen molar-refractivity contribution in [3.05, 3.63) is 51.0 Å². The van der Waals surface area contributed by atoms with Gasteiger partial charge in [-0.3, -0.25) is 9.48 Å². The fourth-order valence-electron chi connectivity index (χ4n) is 2.26. The van der Waals surface area contributed by atoms with Crippen LogP contribution in [-0.2, 0) is 6.54 Å². The average Bonchev–Trinajstić information content (AvgIpc) is 2.68. The summed E-state index contributed by atoms with van der Waals surface area (Å²) in [5.74, 6) is -0.195. The molecular weight excluding hydrogens is 323 g/mol. The van der Waals surface area contributed by atoms with Gasteiger partial charge < -0.3 is 0 Å². The molecule has 0 radical (unpaired) electrons. The zero-order valence-corrected chi connectivity index (χ0v) is 13.3. The molecule has 0 saturated carbocycles. The van der Waals surface area contributed by atoms with Crippen LogP contribution in [0.1, 0.15) is 40.7 Å². The Bertz CT molecular complexity index is 664. The van der Waals surface area contributed by atoms with Crippen LogP contribution in [0.15, 0.2) is 22.7 Å². The number of carbonyl (C=O) groups excluding carboxylic acids is 1. The number of rotatable bonds is 4. The van der Waals surface area contributed by atoms with Crippen LogP contribution in [0.25, 0.3) is 0 Å². The number of Topliss-reactive ketones (excluding diaryl/α,β-unsaturated/α-hetero) is 1. The molecule has 1 aromatic carbocycles. The normalized spacial score (nSPS) is 10.8. The van der Waals surface area contributed by atoms with Crippen molar-refractivity contribution >= 4 is 21.7 Å². The van der Waals surface area contributed by atoms with Crippen molar-refractivity contribution in [2.24, 2.45) is 0 Å². The Hall–Kier alpha value is -1.49. The summed E-state index contributed by atoms with van der Waals surface area (Å²) in [6.45, 7) is 5.97. The first kappa shape index (κ1) is 14.9. The lowest BCUT2D eigenvalue weighted by Crippen LogP contribution is -2.06. The summed E-state index contributed by atoms with van der Waals surface area (Å²) >= 11 is 3.41. The smallest absolute Gasteiger partial charge is 0.166 e. The third kappa shape index (κ3) is 2.82. The predicted molar refractivity (Wildman–Crippen MR) is 79.5 cm³/mol. The maximum absolute atomic E-state index is 13.3. The van der Waals surface area contributed by atoms with Gasteiger partial charge in [-0.2, -0.15) is 5.10 Å². The number of ketones is 1. The van der Waals surface area contributed by atoms with Crippen molar-refractivity contribution < 1.29 is 9.18 Å². The lowest BCUT2D eigenvalue weighted by Gasteiger charge is -2.07. The van der Waals surface area contributed by atoms with Crippen molar-refractivity contribution in [2.45, 2.75) is 33.7 Å². The molecule has 1 aromatic heterocycles. The Morgan fingerprint density at radius 3 is 2.75 bits per heavy atom. The molecule has 0 saturated heterocycles. The molecule has 20 heavy (non-hydrogen) atoms. The summed E-state index contributed by atoms with van der Waals surface area (Å²) in [4.78, 5) is 11.9. The minimum Gasteiger partial charge on any atom is -0.294 e. The van der Waals surface area contributed by atoms with E-state index in [0.29, 0.717) is 18.5 Å². The minimum atomic E-state index is -0.283. The molecule has 2 rings (SSSR count). The fraction of sp³-hybridized carbons (Fsp3) is 0.333. The van der Waals surface area contributed by atoms with Crippen molar-refractivity contribution in [1.29, 1.82) is 0 Å². The van der Waals surface area contributed by atoms with E-state index < -0.39 is 0 Å². The second kappa shape index (κ2) is 5.87. The van der Waals surface area contributed by atoms with Crippen LogP contribution in [0.3, 0.4) is 0 Å². The van der Waals surface area contributed by atoms with Crippen molar-refractivity contribution in [2.75, 3.05) is 0 Å². The van der Waals surface area contributed by atoms with Gasteiger partial charge in [-0.25, -0.2) is 4.39 Å². The molecule has 0 spiro atoms. The Morgan fingerprint density at radius 1 is 1.40 bits per heavy atom. The van der Waals surface area contributed by atoms with E-state index in [0.717, 1.165) is 21.4 Å². The van der Waals surface area contributed by atoms with Crippen LogP contribution in [0.2, 0.25) is 0 Å². The van der Waals surface area contributed by atoms with Crippen LogP contribution < -0.4 is 0 Å². The third-order valence-electron chi connectivity index (χ3n) is 3.31. The van der Waals surface area contributed by atoms with Gasteiger partial charge in [-0.15, -0.1) is 0 Å². The lowest BCUT2D eigenvalue weighted by molar-refractivity contribution is 0.0987. The maximum atomic E-state index is 13.3. The molecule has 0 amide bonds. The molecule has 0 aliphatic heterocycles. The molecule has 0 aliphatic rings. The quantitative estimate of drug-likeness (QED) is 0.788. The van der Waals surface area contributed by atoms with Gasteiger partial charge in [0, 0.05) is 16.6 Å². The maximum Gasteiger partial charge on any atom is 0.166 e. The van der Waals surface area contributed by atoms with E-state index in [9.17, 15) is 9.18 Å². The summed E-state index contributed by atoms with van der Waals surface area (Å²) in [6, 6.07) is 4.55. The Kier molecular flexibility index (Phi) is 4.38.